The van der Waals surface area contributed by atoms with Crippen molar-refractivity contribution in [1.82, 2.24) is 0 Å². The van der Waals surface area contributed by atoms with Gasteiger partial charge >= 0.3 is 5.97 Å². The van der Waals surface area contributed by atoms with Crippen LogP contribution in [0.5, 0.6) is 5.75 Å². The van der Waals surface area contributed by atoms with E-state index in [1.54, 1.807) is 18.2 Å². The molecule has 0 aliphatic carbocycles. The lowest BCUT2D eigenvalue weighted by molar-refractivity contribution is -0.141. The van der Waals surface area contributed by atoms with Gasteiger partial charge in [-0.1, -0.05) is 11.6 Å². The fourth-order valence-corrected chi connectivity index (χ4v) is 1.55. The molecule has 0 spiro atoms. The largest absolute Gasteiger partial charge is 0.496 e. The number of halogens is 2. The van der Waals surface area contributed by atoms with E-state index in [0.29, 0.717) is 16.3 Å². The molecule has 0 amide bonds. The van der Waals surface area contributed by atoms with Gasteiger partial charge in [0.05, 0.1) is 20.6 Å². The van der Waals surface area contributed by atoms with Crippen molar-refractivity contribution in [2.75, 3.05) is 14.2 Å². The molecule has 0 saturated carbocycles. The average Bonchev–Trinajstić information content (AvgIpc) is 2.28. The summed E-state index contributed by atoms with van der Waals surface area (Å²) in [7, 11) is 2.86. The highest BCUT2D eigenvalue weighted by Crippen LogP contribution is 2.28. The van der Waals surface area contributed by atoms with Crippen LogP contribution in [0.1, 0.15) is 18.0 Å². The van der Waals surface area contributed by atoms with Crippen molar-refractivity contribution >= 4 is 30.0 Å². The molecule has 0 heterocycles. The van der Waals surface area contributed by atoms with Crippen molar-refractivity contribution in [1.29, 1.82) is 0 Å². The summed E-state index contributed by atoms with van der Waals surface area (Å²) >= 11 is 5.86. The second kappa shape index (κ2) is 7.37. The number of benzene rings is 1. The maximum absolute atomic E-state index is 11.1. The van der Waals surface area contributed by atoms with E-state index in [2.05, 4.69) is 4.74 Å². The molecular weight excluding hydrogens is 265 g/mol. The summed E-state index contributed by atoms with van der Waals surface area (Å²) in [4.78, 5) is 11.1. The van der Waals surface area contributed by atoms with Crippen LogP contribution in [0.15, 0.2) is 18.2 Å². The van der Waals surface area contributed by atoms with E-state index in [0.717, 1.165) is 0 Å². The number of ether oxygens (including phenoxy) is 2. The topological polar surface area (TPSA) is 61.5 Å². The van der Waals surface area contributed by atoms with Gasteiger partial charge in [-0.3, -0.25) is 4.79 Å². The highest BCUT2D eigenvalue weighted by Gasteiger charge is 2.16. The van der Waals surface area contributed by atoms with Crippen LogP contribution in [-0.2, 0) is 9.53 Å². The second-order valence-corrected chi connectivity index (χ2v) is 3.71. The van der Waals surface area contributed by atoms with Crippen LogP contribution in [0.3, 0.4) is 0 Å². The lowest BCUT2D eigenvalue weighted by atomic mass is 10.0. The quantitative estimate of drug-likeness (QED) is 0.860. The Bertz CT molecular complexity index is 385. The Kier molecular flexibility index (Phi) is 6.95. The third kappa shape index (κ3) is 4.42. The lowest BCUT2D eigenvalue weighted by Crippen LogP contribution is -2.17. The maximum atomic E-state index is 11.1. The summed E-state index contributed by atoms with van der Waals surface area (Å²) in [6.45, 7) is 0. The Morgan fingerprint density at radius 2 is 2.12 bits per heavy atom. The maximum Gasteiger partial charge on any atom is 0.307 e. The summed E-state index contributed by atoms with van der Waals surface area (Å²) in [5.74, 6) is 0.246. The molecule has 6 heteroatoms. The van der Waals surface area contributed by atoms with E-state index in [4.69, 9.17) is 22.1 Å². The van der Waals surface area contributed by atoms with Crippen LogP contribution in [0.4, 0.5) is 0 Å². The zero-order chi connectivity index (χ0) is 12.1. The Morgan fingerprint density at radius 1 is 1.47 bits per heavy atom. The first-order valence-corrected chi connectivity index (χ1v) is 5.12. The summed E-state index contributed by atoms with van der Waals surface area (Å²) in [5, 5.41) is 0.552. The van der Waals surface area contributed by atoms with Gasteiger partial charge in [-0.05, 0) is 18.2 Å². The standard InChI is InChI=1S/C11H14ClNO3.ClH/c1-15-10-4-3-7(12)5-8(10)9(13)6-11(14)16-2;/h3-5,9H,6,13H2,1-2H3;1H/t9-;/m1./s1. The predicted octanol–water partition coefficient (Wildman–Crippen LogP) is 2.33. The van der Waals surface area contributed by atoms with E-state index < -0.39 is 6.04 Å². The SMILES string of the molecule is COC(=O)C[C@@H](N)c1cc(Cl)ccc1OC.Cl. The zero-order valence-electron chi connectivity index (χ0n) is 9.60. The van der Waals surface area contributed by atoms with E-state index >= 15 is 0 Å². The minimum Gasteiger partial charge on any atom is -0.496 e. The molecule has 17 heavy (non-hydrogen) atoms. The highest BCUT2D eigenvalue weighted by molar-refractivity contribution is 6.30. The zero-order valence-corrected chi connectivity index (χ0v) is 11.2. The van der Waals surface area contributed by atoms with Gasteiger partial charge in [0.1, 0.15) is 5.75 Å². The fourth-order valence-electron chi connectivity index (χ4n) is 1.37. The number of carbonyl (C=O) groups is 1. The molecule has 0 aliphatic heterocycles. The van der Waals surface area contributed by atoms with Crippen LogP contribution in [0.2, 0.25) is 5.02 Å². The molecule has 1 aromatic rings. The lowest BCUT2D eigenvalue weighted by Gasteiger charge is -2.14. The van der Waals surface area contributed by atoms with Crippen LogP contribution >= 0.6 is 24.0 Å². The highest BCUT2D eigenvalue weighted by atomic mass is 35.5. The number of rotatable bonds is 4. The van der Waals surface area contributed by atoms with Crippen LogP contribution in [0.25, 0.3) is 0 Å². The molecule has 0 fully saturated rings. The van der Waals surface area contributed by atoms with Crippen molar-refractivity contribution in [3.05, 3.63) is 28.8 Å². The van der Waals surface area contributed by atoms with Gasteiger partial charge in [0.2, 0.25) is 0 Å². The predicted molar refractivity (Wildman–Crippen MR) is 68.8 cm³/mol. The van der Waals surface area contributed by atoms with Gasteiger partial charge in [0, 0.05) is 16.6 Å². The smallest absolute Gasteiger partial charge is 0.307 e. The molecule has 1 aromatic carbocycles. The van der Waals surface area contributed by atoms with Crippen molar-refractivity contribution < 1.29 is 14.3 Å². The Hall–Kier alpha value is -0.970. The van der Waals surface area contributed by atoms with Crippen LogP contribution in [-0.4, -0.2) is 20.2 Å². The molecule has 0 aromatic heterocycles. The Morgan fingerprint density at radius 3 is 2.65 bits per heavy atom. The molecule has 2 N–H and O–H groups in total. The summed E-state index contributed by atoms with van der Waals surface area (Å²) in [6, 6.07) is 4.62. The third-order valence-electron chi connectivity index (χ3n) is 2.21. The number of carbonyl (C=O) groups excluding carboxylic acids is 1. The van der Waals surface area contributed by atoms with Crippen LogP contribution in [0, 0.1) is 0 Å². The summed E-state index contributed by atoms with van der Waals surface area (Å²) < 4.78 is 9.70. The first kappa shape index (κ1) is 16.0. The first-order chi connectivity index (χ1) is 7.58. The monoisotopic (exact) mass is 279 g/mol. The summed E-state index contributed by atoms with van der Waals surface area (Å²) in [5.41, 5.74) is 6.57. The number of hydrogen-bond donors (Lipinski definition) is 1. The Balaban J connectivity index is 0.00000256. The molecule has 1 rings (SSSR count). The number of nitrogens with two attached hydrogens (primary N) is 1. The van der Waals surface area contributed by atoms with E-state index in [1.165, 1.54) is 14.2 Å². The van der Waals surface area contributed by atoms with Crippen molar-refractivity contribution in [2.45, 2.75) is 12.5 Å². The molecule has 0 radical (unpaired) electrons. The molecule has 1 atom stereocenters. The second-order valence-electron chi connectivity index (χ2n) is 3.27. The fraction of sp³-hybridized carbons (Fsp3) is 0.364. The molecule has 96 valence electrons. The van der Waals surface area contributed by atoms with Gasteiger partial charge in [-0.25, -0.2) is 0 Å². The Labute approximate surface area is 111 Å². The third-order valence-corrected chi connectivity index (χ3v) is 2.44. The van der Waals surface area contributed by atoms with Gasteiger partial charge in [-0.15, -0.1) is 12.4 Å². The molecule has 0 saturated heterocycles. The van der Waals surface area contributed by atoms with E-state index in [-0.39, 0.29) is 24.8 Å². The van der Waals surface area contributed by atoms with Crippen molar-refractivity contribution in [2.24, 2.45) is 5.73 Å². The minimum atomic E-state index is -0.485. The number of hydrogen-bond acceptors (Lipinski definition) is 4. The van der Waals surface area contributed by atoms with Gasteiger partial charge in [-0.2, -0.15) is 0 Å². The first-order valence-electron chi connectivity index (χ1n) is 4.74. The van der Waals surface area contributed by atoms with Crippen LogP contribution < -0.4 is 10.5 Å². The van der Waals surface area contributed by atoms with Crippen molar-refractivity contribution in [3.63, 3.8) is 0 Å². The van der Waals surface area contributed by atoms with E-state index in [1.807, 2.05) is 0 Å². The molecule has 0 unspecified atom stereocenters. The molecule has 0 aliphatic rings. The summed E-state index contributed by atoms with van der Waals surface area (Å²) in [6.07, 6.45) is 0.0905. The van der Waals surface area contributed by atoms with E-state index in [9.17, 15) is 4.79 Å². The molecule has 4 nitrogen and oxygen atoms in total. The van der Waals surface area contributed by atoms with Gasteiger partial charge in [0.25, 0.3) is 0 Å². The molecule has 0 bridgehead atoms. The normalized spacial score (nSPS) is 11.3. The van der Waals surface area contributed by atoms with Gasteiger partial charge < -0.3 is 15.2 Å². The molecular formula is C11H15Cl2NO3. The number of esters is 1. The van der Waals surface area contributed by atoms with Gasteiger partial charge in [0.15, 0.2) is 0 Å². The number of methoxy groups -OCH3 is 2. The minimum absolute atomic E-state index is 0. The average molecular weight is 280 g/mol. The van der Waals surface area contributed by atoms with Crippen molar-refractivity contribution in [3.8, 4) is 5.75 Å².